The van der Waals surface area contributed by atoms with Gasteiger partial charge >= 0.3 is 5.97 Å². The van der Waals surface area contributed by atoms with E-state index in [1.54, 1.807) is 31.4 Å². The van der Waals surface area contributed by atoms with Gasteiger partial charge in [-0.2, -0.15) is 11.8 Å². The highest BCUT2D eigenvalue weighted by Gasteiger charge is 2.40. The molecule has 1 N–H and O–H groups in total. The molecule has 26 heavy (non-hydrogen) atoms. The van der Waals surface area contributed by atoms with Crippen molar-refractivity contribution < 1.29 is 24.2 Å². The van der Waals surface area contributed by atoms with Gasteiger partial charge in [-0.05, 0) is 42.7 Å². The molecule has 1 fully saturated rings. The Hall–Kier alpha value is -1.71. The number of benzene rings is 1. The van der Waals surface area contributed by atoms with E-state index in [1.807, 2.05) is 6.26 Å². The fourth-order valence-electron chi connectivity index (χ4n) is 2.43. The lowest BCUT2D eigenvalue weighted by Crippen LogP contribution is -2.44. The first-order chi connectivity index (χ1) is 12.4. The molecule has 0 aliphatic carbocycles. The summed E-state index contributed by atoms with van der Waals surface area (Å²) in [4.78, 5) is 25.9. The second kappa shape index (κ2) is 9.29. The molecule has 0 unspecified atom stereocenters. The number of hydrogen-bond donors (Lipinski definition) is 1. The van der Waals surface area contributed by atoms with Crippen LogP contribution in [0.5, 0.6) is 11.5 Å². The molecule has 1 saturated heterocycles. The number of methoxy groups -OCH3 is 2. The molecule has 1 aliphatic rings. The van der Waals surface area contributed by atoms with Crippen molar-refractivity contribution in [2.24, 2.45) is 0 Å². The topological polar surface area (TPSA) is 76.1 Å². The summed E-state index contributed by atoms with van der Waals surface area (Å²) in [5, 5.41) is 9.49. The zero-order valence-electron chi connectivity index (χ0n) is 14.6. The summed E-state index contributed by atoms with van der Waals surface area (Å²) in [7, 11) is 3.08. The molecular weight excluding hydrogens is 394 g/mol. The van der Waals surface area contributed by atoms with Gasteiger partial charge in [0, 0.05) is 5.56 Å². The van der Waals surface area contributed by atoms with Gasteiger partial charge in [-0.25, -0.2) is 4.79 Å². The zero-order valence-corrected chi connectivity index (χ0v) is 17.0. The Morgan fingerprint density at radius 2 is 2.15 bits per heavy atom. The summed E-state index contributed by atoms with van der Waals surface area (Å²) in [5.74, 6) is 0.356. The number of rotatable bonds is 8. The molecule has 140 valence electrons. The van der Waals surface area contributed by atoms with Gasteiger partial charge in [0.1, 0.15) is 21.9 Å². The number of amides is 1. The van der Waals surface area contributed by atoms with Crippen molar-refractivity contribution in [3.63, 3.8) is 0 Å². The minimum Gasteiger partial charge on any atom is -0.497 e. The van der Waals surface area contributed by atoms with Crippen LogP contribution in [0.25, 0.3) is 6.08 Å². The van der Waals surface area contributed by atoms with Gasteiger partial charge in [-0.15, -0.1) is 0 Å². The molecule has 0 radical (unpaired) electrons. The summed E-state index contributed by atoms with van der Waals surface area (Å²) in [6.07, 6.45) is 3.87. The number of nitrogens with zero attached hydrogens (tertiary/aromatic N) is 1. The zero-order chi connectivity index (χ0) is 19.3. The molecule has 1 aromatic rings. The highest BCUT2D eigenvalue weighted by atomic mass is 32.2. The Labute approximate surface area is 165 Å². The van der Waals surface area contributed by atoms with Gasteiger partial charge in [-0.3, -0.25) is 9.69 Å². The van der Waals surface area contributed by atoms with E-state index in [1.165, 1.54) is 23.8 Å². The first-order valence-electron chi connectivity index (χ1n) is 7.63. The Bertz CT molecular complexity index is 750. The number of thioether (sulfide) groups is 2. The minimum absolute atomic E-state index is 0.247. The monoisotopic (exact) mass is 413 g/mol. The SMILES string of the molecule is COc1ccc(OC)c(/C=C2\SC(=S)N([C@@H](CCSC)C(=O)O)C2=O)c1. The third-order valence-corrected chi connectivity index (χ3v) is 5.71. The average molecular weight is 414 g/mol. The van der Waals surface area contributed by atoms with Crippen LogP contribution >= 0.6 is 35.7 Å². The molecule has 0 aromatic heterocycles. The molecule has 9 heteroatoms. The quantitative estimate of drug-likeness (QED) is 0.515. The highest BCUT2D eigenvalue weighted by molar-refractivity contribution is 8.26. The lowest BCUT2D eigenvalue weighted by Gasteiger charge is -2.22. The second-order valence-corrected chi connectivity index (χ2v) is 7.96. The van der Waals surface area contributed by atoms with Gasteiger partial charge < -0.3 is 14.6 Å². The van der Waals surface area contributed by atoms with E-state index in [2.05, 4.69) is 0 Å². The smallest absolute Gasteiger partial charge is 0.326 e. The van der Waals surface area contributed by atoms with Gasteiger partial charge in [0.15, 0.2) is 0 Å². The van der Waals surface area contributed by atoms with E-state index in [9.17, 15) is 14.7 Å². The Balaban J connectivity index is 2.36. The molecule has 2 rings (SSSR count). The maximum absolute atomic E-state index is 12.8. The van der Waals surface area contributed by atoms with E-state index < -0.39 is 17.9 Å². The van der Waals surface area contributed by atoms with E-state index >= 15 is 0 Å². The van der Waals surface area contributed by atoms with E-state index in [0.29, 0.717) is 34.1 Å². The molecule has 1 aromatic carbocycles. The lowest BCUT2D eigenvalue weighted by atomic mass is 10.1. The number of aliphatic carboxylic acids is 1. The van der Waals surface area contributed by atoms with Crippen molar-refractivity contribution in [1.29, 1.82) is 0 Å². The first kappa shape index (κ1) is 20.6. The van der Waals surface area contributed by atoms with Crippen LogP contribution in [0.15, 0.2) is 23.1 Å². The number of carboxylic acid groups (broad SMARTS) is 1. The van der Waals surface area contributed by atoms with Crippen molar-refractivity contribution in [2.45, 2.75) is 12.5 Å². The summed E-state index contributed by atoms with van der Waals surface area (Å²) in [6, 6.07) is 4.27. The molecule has 1 aliphatic heterocycles. The molecule has 1 heterocycles. The largest absolute Gasteiger partial charge is 0.497 e. The Morgan fingerprint density at radius 3 is 2.73 bits per heavy atom. The summed E-state index contributed by atoms with van der Waals surface area (Å²) < 4.78 is 10.8. The van der Waals surface area contributed by atoms with Crippen LogP contribution in [0.1, 0.15) is 12.0 Å². The fraction of sp³-hybridized carbons (Fsp3) is 0.353. The van der Waals surface area contributed by atoms with Crippen molar-refractivity contribution in [1.82, 2.24) is 4.90 Å². The van der Waals surface area contributed by atoms with Gasteiger partial charge in [0.2, 0.25) is 0 Å². The Morgan fingerprint density at radius 1 is 1.42 bits per heavy atom. The molecule has 1 amide bonds. The standard InChI is InChI=1S/C17H19NO5S3/c1-22-11-4-5-13(23-2)10(8-11)9-14-15(19)18(17(24)26-14)12(16(20)21)6-7-25-3/h4-5,8-9,12H,6-7H2,1-3H3,(H,20,21)/b14-9-/t12-/m0/s1. The van der Waals surface area contributed by atoms with Crippen LogP contribution in [0.4, 0.5) is 0 Å². The number of ether oxygens (including phenoxy) is 2. The van der Waals surface area contributed by atoms with Gasteiger partial charge in [0.05, 0.1) is 19.1 Å². The first-order valence-corrected chi connectivity index (χ1v) is 10.3. The molecule has 0 saturated carbocycles. The van der Waals surface area contributed by atoms with Crippen LogP contribution in [0.3, 0.4) is 0 Å². The van der Waals surface area contributed by atoms with Gasteiger partial charge in [0.25, 0.3) is 5.91 Å². The predicted molar refractivity (Wildman–Crippen MR) is 109 cm³/mol. The normalized spacial score (nSPS) is 16.9. The average Bonchev–Trinajstić information content (AvgIpc) is 2.89. The maximum atomic E-state index is 12.8. The van der Waals surface area contributed by atoms with E-state index in [-0.39, 0.29) is 4.32 Å². The van der Waals surface area contributed by atoms with E-state index in [4.69, 9.17) is 21.7 Å². The van der Waals surface area contributed by atoms with Crippen LogP contribution in [0, 0.1) is 0 Å². The molecule has 1 atom stereocenters. The maximum Gasteiger partial charge on any atom is 0.326 e. The summed E-state index contributed by atoms with van der Waals surface area (Å²) >= 11 is 7.88. The fourth-order valence-corrected chi connectivity index (χ4v) is 4.24. The number of hydrogen-bond acceptors (Lipinski definition) is 7. The number of carbonyl (C=O) groups is 2. The third-order valence-electron chi connectivity index (χ3n) is 3.74. The Kier molecular flexibility index (Phi) is 7.36. The van der Waals surface area contributed by atoms with Crippen molar-refractivity contribution in [3.8, 4) is 11.5 Å². The van der Waals surface area contributed by atoms with Crippen molar-refractivity contribution in [2.75, 3.05) is 26.2 Å². The number of carboxylic acids is 1. The molecule has 6 nitrogen and oxygen atoms in total. The molecule has 0 bridgehead atoms. The number of thiocarbonyl (C=S) groups is 1. The van der Waals surface area contributed by atoms with Crippen LogP contribution in [0.2, 0.25) is 0 Å². The van der Waals surface area contributed by atoms with Crippen LogP contribution < -0.4 is 9.47 Å². The molecular formula is C17H19NO5S3. The van der Waals surface area contributed by atoms with Crippen molar-refractivity contribution >= 4 is 58.0 Å². The highest BCUT2D eigenvalue weighted by Crippen LogP contribution is 2.37. The summed E-state index contributed by atoms with van der Waals surface area (Å²) in [6.45, 7) is 0. The third kappa shape index (κ3) is 4.52. The second-order valence-electron chi connectivity index (χ2n) is 5.30. The predicted octanol–water partition coefficient (Wildman–Crippen LogP) is 3.11. The van der Waals surface area contributed by atoms with Crippen LogP contribution in [-0.4, -0.2) is 58.5 Å². The lowest BCUT2D eigenvalue weighted by molar-refractivity contribution is -0.145. The van der Waals surface area contributed by atoms with Crippen molar-refractivity contribution in [3.05, 3.63) is 28.7 Å². The number of carbonyl (C=O) groups excluding carboxylic acids is 1. The van der Waals surface area contributed by atoms with Crippen LogP contribution in [-0.2, 0) is 9.59 Å². The van der Waals surface area contributed by atoms with Gasteiger partial charge in [-0.1, -0.05) is 24.0 Å². The summed E-state index contributed by atoms with van der Waals surface area (Å²) in [5.41, 5.74) is 0.656. The minimum atomic E-state index is -1.06. The van der Waals surface area contributed by atoms with E-state index in [0.717, 1.165) is 11.8 Å². The molecule has 0 spiro atoms.